The number of rotatable bonds is 2. The average molecular weight is 272 g/mol. The molecule has 4 heteroatoms. The van der Waals surface area contributed by atoms with Gasteiger partial charge in [0.25, 0.3) is 5.91 Å². The Hall–Kier alpha value is -1.81. The van der Waals surface area contributed by atoms with Crippen LogP contribution in [0.4, 0.5) is 5.69 Å². The van der Waals surface area contributed by atoms with Gasteiger partial charge in [0.2, 0.25) is 0 Å². The first-order valence-electron chi connectivity index (χ1n) is 6.45. The van der Waals surface area contributed by atoms with Crippen LogP contribution in [0.1, 0.15) is 34.8 Å². The summed E-state index contributed by atoms with van der Waals surface area (Å²) in [6.45, 7) is 0.813. The van der Waals surface area contributed by atoms with Crippen LogP contribution in [0, 0.1) is 0 Å². The molecule has 1 atom stereocenters. The van der Waals surface area contributed by atoms with Crippen LogP contribution >= 0.6 is 11.3 Å². The van der Waals surface area contributed by atoms with Gasteiger partial charge in [-0.15, -0.1) is 0 Å². The zero-order chi connectivity index (χ0) is 13.2. The van der Waals surface area contributed by atoms with Crippen LogP contribution in [-0.2, 0) is 0 Å². The molecule has 1 saturated heterocycles. The molecule has 98 valence electrons. The number of benzene rings is 1. The molecule has 0 saturated carbocycles. The quantitative estimate of drug-likeness (QED) is 0.853. The number of likely N-dealkylation sites (tertiary alicyclic amines) is 1. The summed E-state index contributed by atoms with van der Waals surface area (Å²) < 4.78 is 0. The van der Waals surface area contributed by atoms with Gasteiger partial charge in [-0.3, -0.25) is 4.79 Å². The van der Waals surface area contributed by atoms with E-state index in [0.29, 0.717) is 11.3 Å². The van der Waals surface area contributed by atoms with Crippen LogP contribution in [0.25, 0.3) is 0 Å². The molecule has 3 nitrogen and oxygen atoms in total. The van der Waals surface area contributed by atoms with E-state index in [1.165, 1.54) is 5.56 Å². The second kappa shape index (κ2) is 5.05. The number of carbonyl (C=O) groups is 1. The number of amides is 1. The maximum atomic E-state index is 12.6. The highest BCUT2D eigenvalue weighted by Gasteiger charge is 2.31. The number of nitrogens with two attached hydrogens (primary N) is 1. The maximum absolute atomic E-state index is 12.6. The van der Waals surface area contributed by atoms with Gasteiger partial charge in [0, 0.05) is 12.2 Å². The van der Waals surface area contributed by atoms with E-state index >= 15 is 0 Å². The number of hydrogen-bond donors (Lipinski definition) is 1. The molecule has 1 aliphatic rings. The van der Waals surface area contributed by atoms with E-state index < -0.39 is 0 Å². The van der Waals surface area contributed by atoms with Gasteiger partial charge in [-0.25, -0.2) is 0 Å². The van der Waals surface area contributed by atoms with Crippen molar-refractivity contribution in [2.24, 2.45) is 0 Å². The standard InChI is InChI=1S/C15H16N2OS/c16-13-5-2-1-4-12(13)15(18)17-8-3-6-14(17)11-7-9-19-10-11/h1-2,4-5,7,9-10,14H,3,6,8,16H2. The molecule has 3 rings (SSSR count). The lowest BCUT2D eigenvalue weighted by Gasteiger charge is -2.24. The molecule has 1 amide bonds. The largest absolute Gasteiger partial charge is 0.398 e. The Bertz CT molecular complexity index is 580. The fourth-order valence-electron chi connectivity index (χ4n) is 2.67. The highest BCUT2D eigenvalue weighted by atomic mass is 32.1. The van der Waals surface area contributed by atoms with Crippen LogP contribution in [0.15, 0.2) is 41.1 Å². The minimum atomic E-state index is 0.0480. The zero-order valence-electron chi connectivity index (χ0n) is 10.6. The number of anilines is 1. The summed E-state index contributed by atoms with van der Waals surface area (Å²) in [6.07, 6.45) is 2.09. The molecule has 2 N–H and O–H groups in total. The van der Waals surface area contributed by atoms with Crippen molar-refractivity contribution in [3.8, 4) is 0 Å². The van der Waals surface area contributed by atoms with Gasteiger partial charge >= 0.3 is 0 Å². The molecule has 2 heterocycles. The molecule has 1 aliphatic heterocycles. The molecule has 1 unspecified atom stereocenters. The van der Waals surface area contributed by atoms with Crippen molar-refractivity contribution in [2.75, 3.05) is 12.3 Å². The highest BCUT2D eigenvalue weighted by molar-refractivity contribution is 7.07. The second-order valence-corrected chi connectivity index (χ2v) is 5.58. The number of para-hydroxylation sites is 1. The summed E-state index contributed by atoms with van der Waals surface area (Å²) in [7, 11) is 0. The Morgan fingerprint density at radius 1 is 1.32 bits per heavy atom. The monoisotopic (exact) mass is 272 g/mol. The Labute approximate surface area is 116 Å². The topological polar surface area (TPSA) is 46.3 Å². The Balaban J connectivity index is 1.89. The van der Waals surface area contributed by atoms with Gasteiger partial charge in [-0.05, 0) is 47.4 Å². The average Bonchev–Trinajstić information content (AvgIpc) is 3.09. The molecule has 0 bridgehead atoms. The molecule has 1 aromatic heterocycles. The van der Waals surface area contributed by atoms with E-state index in [1.807, 2.05) is 17.0 Å². The van der Waals surface area contributed by atoms with Crippen LogP contribution in [0.2, 0.25) is 0 Å². The van der Waals surface area contributed by atoms with E-state index in [-0.39, 0.29) is 11.9 Å². The Morgan fingerprint density at radius 3 is 2.89 bits per heavy atom. The molecule has 0 aliphatic carbocycles. The first kappa shape index (κ1) is 12.2. The third-order valence-corrected chi connectivity index (χ3v) is 4.33. The fraction of sp³-hybridized carbons (Fsp3) is 0.267. The van der Waals surface area contributed by atoms with E-state index in [2.05, 4.69) is 16.8 Å². The molecule has 1 fully saturated rings. The summed E-state index contributed by atoms with van der Waals surface area (Å²) in [5.41, 5.74) is 8.32. The van der Waals surface area contributed by atoms with Crippen molar-refractivity contribution in [3.63, 3.8) is 0 Å². The van der Waals surface area contributed by atoms with Crippen molar-refractivity contribution < 1.29 is 4.79 Å². The summed E-state index contributed by atoms with van der Waals surface area (Å²) >= 11 is 1.68. The van der Waals surface area contributed by atoms with Crippen molar-refractivity contribution in [1.82, 2.24) is 4.90 Å². The maximum Gasteiger partial charge on any atom is 0.256 e. The van der Waals surface area contributed by atoms with Crippen molar-refractivity contribution in [2.45, 2.75) is 18.9 Å². The fourth-order valence-corrected chi connectivity index (χ4v) is 3.37. The second-order valence-electron chi connectivity index (χ2n) is 4.80. The van der Waals surface area contributed by atoms with Crippen LogP contribution in [0.3, 0.4) is 0 Å². The van der Waals surface area contributed by atoms with Gasteiger partial charge in [0.1, 0.15) is 0 Å². The number of carbonyl (C=O) groups excluding carboxylic acids is 1. The van der Waals surface area contributed by atoms with Crippen LogP contribution in [0.5, 0.6) is 0 Å². The molecular formula is C15H16N2OS. The summed E-state index contributed by atoms with van der Waals surface area (Å²) in [5.74, 6) is 0.0480. The first-order chi connectivity index (χ1) is 9.27. The van der Waals surface area contributed by atoms with Crippen molar-refractivity contribution in [1.29, 1.82) is 0 Å². The normalized spacial score (nSPS) is 18.7. The molecular weight excluding hydrogens is 256 g/mol. The number of nitrogen functional groups attached to an aromatic ring is 1. The molecule has 19 heavy (non-hydrogen) atoms. The molecule has 0 spiro atoms. The van der Waals surface area contributed by atoms with E-state index in [9.17, 15) is 4.79 Å². The Kier molecular flexibility index (Phi) is 3.25. The summed E-state index contributed by atoms with van der Waals surface area (Å²) in [4.78, 5) is 14.6. The predicted octanol–water partition coefficient (Wildman–Crippen LogP) is 3.31. The first-order valence-corrected chi connectivity index (χ1v) is 7.39. The third-order valence-electron chi connectivity index (χ3n) is 3.63. The van der Waals surface area contributed by atoms with Crippen LogP contribution in [-0.4, -0.2) is 17.4 Å². The molecule has 0 radical (unpaired) electrons. The smallest absolute Gasteiger partial charge is 0.256 e. The van der Waals surface area contributed by atoms with Gasteiger partial charge in [0.05, 0.1) is 11.6 Å². The number of hydrogen-bond acceptors (Lipinski definition) is 3. The van der Waals surface area contributed by atoms with Gasteiger partial charge in [0.15, 0.2) is 0 Å². The lowest BCUT2D eigenvalue weighted by atomic mass is 10.1. The number of nitrogens with zero attached hydrogens (tertiary/aromatic N) is 1. The minimum Gasteiger partial charge on any atom is -0.398 e. The minimum absolute atomic E-state index is 0.0480. The molecule has 2 aromatic rings. The SMILES string of the molecule is Nc1ccccc1C(=O)N1CCCC1c1ccsc1. The highest BCUT2D eigenvalue weighted by Crippen LogP contribution is 2.34. The predicted molar refractivity (Wildman–Crippen MR) is 78.2 cm³/mol. The van der Waals surface area contributed by atoms with E-state index in [4.69, 9.17) is 5.73 Å². The summed E-state index contributed by atoms with van der Waals surface area (Å²) in [5, 5.41) is 4.19. The third kappa shape index (κ3) is 2.24. The number of thiophene rings is 1. The van der Waals surface area contributed by atoms with Crippen molar-refractivity contribution in [3.05, 3.63) is 52.2 Å². The van der Waals surface area contributed by atoms with E-state index in [0.717, 1.165) is 19.4 Å². The van der Waals surface area contributed by atoms with Gasteiger partial charge < -0.3 is 10.6 Å². The Morgan fingerprint density at radius 2 is 2.16 bits per heavy atom. The lowest BCUT2D eigenvalue weighted by molar-refractivity contribution is 0.0737. The van der Waals surface area contributed by atoms with Crippen LogP contribution < -0.4 is 5.73 Å². The van der Waals surface area contributed by atoms with Gasteiger partial charge in [-0.2, -0.15) is 11.3 Å². The van der Waals surface area contributed by atoms with Crippen molar-refractivity contribution >= 4 is 22.9 Å². The molecule has 1 aromatic carbocycles. The summed E-state index contributed by atoms with van der Waals surface area (Å²) in [6, 6.07) is 9.61. The van der Waals surface area contributed by atoms with Gasteiger partial charge in [-0.1, -0.05) is 12.1 Å². The zero-order valence-corrected chi connectivity index (χ0v) is 11.4. The lowest BCUT2D eigenvalue weighted by Crippen LogP contribution is -2.30. The van der Waals surface area contributed by atoms with E-state index in [1.54, 1.807) is 23.5 Å².